The van der Waals surface area contributed by atoms with Crippen molar-refractivity contribution in [3.05, 3.63) is 60.2 Å². The summed E-state index contributed by atoms with van der Waals surface area (Å²) in [5.74, 6) is 1.62. The van der Waals surface area contributed by atoms with E-state index in [4.69, 9.17) is 9.47 Å². The van der Waals surface area contributed by atoms with Crippen molar-refractivity contribution in [1.82, 2.24) is 10.2 Å². The molecule has 5 heteroatoms. The molecule has 5 nitrogen and oxygen atoms in total. The maximum Gasteiger partial charge on any atom is 0.220 e. The first-order chi connectivity index (χ1) is 12.6. The van der Waals surface area contributed by atoms with E-state index in [0.717, 1.165) is 11.5 Å². The lowest BCUT2D eigenvalue weighted by atomic mass is 10.1. The molecule has 0 saturated carbocycles. The van der Waals surface area contributed by atoms with E-state index in [2.05, 4.69) is 22.3 Å². The van der Waals surface area contributed by atoms with Gasteiger partial charge in [0.2, 0.25) is 5.91 Å². The van der Waals surface area contributed by atoms with Crippen LogP contribution in [0.4, 0.5) is 0 Å². The fraction of sp³-hybridized carbons (Fsp3) is 0.381. The molecule has 0 heterocycles. The average Bonchev–Trinajstić information content (AvgIpc) is 2.66. The van der Waals surface area contributed by atoms with Crippen LogP contribution in [0, 0.1) is 0 Å². The number of hydrogen-bond acceptors (Lipinski definition) is 4. The van der Waals surface area contributed by atoms with Gasteiger partial charge >= 0.3 is 0 Å². The Hall–Kier alpha value is -2.53. The lowest BCUT2D eigenvalue weighted by Crippen LogP contribution is -2.34. The molecule has 0 aromatic heterocycles. The van der Waals surface area contributed by atoms with Gasteiger partial charge in [-0.15, -0.1) is 0 Å². The van der Waals surface area contributed by atoms with Gasteiger partial charge in [-0.2, -0.15) is 0 Å². The van der Waals surface area contributed by atoms with E-state index < -0.39 is 0 Å². The van der Waals surface area contributed by atoms with E-state index in [1.807, 2.05) is 56.6 Å². The number of nitrogens with one attached hydrogen (secondary N) is 1. The molecule has 26 heavy (non-hydrogen) atoms. The number of nitrogens with zero attached hydrogens (tertiary/aromatic N) is 1. The molecule has 1 atom stereocenters. The van der Waals surface area contributed by atoms with Gasteiger partial charge in [0.15, 0.2) is 0 Å². The Kier molecular flexibility index (Phi) is 7.96. The minimum atomic E-state index is 0.0473. The molecule has 140 valence electrons. The number of carbonyl (C=O) groups excluding carboxylic acids is 1. The van der Waals surface area contributed by atoms with Gasteiger partial charge in [0.25, 0.3) is 0 Å². The Balaban J connectivity index is 1.69. The third-order valence-electron chi connectivity index (χ3n) is 4.18. The summed E-state index contributed by atoms with van der Waals surface area (Å²) in [5, 5.41) is 3.02. The third-order valence-corrected chi connectivity index (χ3v) is 4.18. The van der Waals surface area contributed by atoms with Gasteiger partial charge in [0, 0.05) is 13.0 Å². The number of benzene rings is 2. The van der Waals surface area contributed by atoms with Gasteiger partial charge in [-0.05, 0) is 50.3 Å². The highest BCUT2D eigenvalue weighted by atomic mass is 16.5. The van der Waals surface area contributed by atoms with Crippen molar-refractivity contribution >= 4 is 5.91 Å². The topological polar surface area (TPSA) is 50.8 Å². The van der Waals surface area contributed by atoms with Crippen LogP contribution >= 0.6 is 0 Å². The summed E-state index contributed by atoms with van der Waals surface area (Å²) in [6, 6.07) is 17.8. The van der Waals surface area contributed by atoms with Crippen LogP contribution in [0.5, 0.6) is 11.5 Å². The number of amides is 1. The van der Waals surface area contributed by atoms with Crippen LogP contribution in [0.25, 0.3) is 0 Å². The fourth-order valence-electron chi connectivity index (χ4n) is 2.67. The van der Waals surface area contributed by atoms with Crippen LogP contribution < -0.4 is 14.8 Å². The summed E-state index contributed by atoms with van der Waals surface area (Å²) < 4.78 is 10.8. The first-order valence-corrected chi connectivity index (χ1v) is 8.85. The van der Waals surface area contributed by atoms with Gasteiger partial charge < -0.3 is 19.7 Å². The van der Waals surface area contributed by atoms with E-state index in [0.29, 0.717) is 26.0 Å². The summed E-state index contributed by atoms with van der Waals surface area (Å²) in [6.45, 7) is 1.10. The number of hydrogen-bond donors (Lipinski definition) is 1. The van der Waals surface area contributed by atoms with Gasteiger partial charge in [-0.25, -0.2) is 0 Å². The fourth-order valence-corrected chi connectivity index (χ4v) is 2.67. The molecule has 0 bridgehead atoms. The smallest absolute Gasteiger partial charge is 0.220 e. The van der Waals surface area contributed by atoms with Crippen LogP contribution in [0.1, 0.15) is 24.4 Å². The predicted octanol–water partition coefficient (Wildman–Crippen LogP) is 3.27. The molecule has 0 saturated heterocycles. The summed E-state index contributed by atoms with van der Waals surface area (Å²) in [4.78, 5) is 14.2. The zero-order valence-electron chi connectivity index (χ0n) is 15.8. The Morgan fingerprint density at radius 2 is 1.69 bits per heavy atom. The van der Waals surface area contributed by atoms with Crippen LogP contribution in [0.3, 0.4) is 0 Å². The predicted molar refractivity (Wildman–Crippen MR) is 104 cm³/mol. The van der Waals surface area contributed by atoms with Gasteiger partial charge in [-0.3, -0.25) is 4.79 Å². The largest absolute Gasteiger partial charge is 0.497 e. The van der Waals surface area contributed by atoms with Gasteiger partial charge in [0.1, 0.15) is 11.5 Å². The van der Waals surface area contributed by atoms with Crippen molar-refractivity contribution < 1.29 is 14.3 Å². The number of carbonyl (C=O) groups is 1. The number of methoxy groups -OCH3 is 1. The highest BCUT2D eigenvalue weighted by molar-refractivity contribution is 5.75. The molecular weight excluding hydrogens is 328 g/mol. The maximum atomic E-state index is 12.1. The van der Waals surface area contributed by atoms with Gasteiger partial charge in [-0.1, -0.05) is 30.3 Å². The lowest BCUT2D eigenvalue weighted by molar-refractivity contribution is -0.121. The molecule has 1 unspecified atom stereocenters. The minimum absolute atomic E-state index is 0.0473. The van der Waals surface area contributed by atoms with Crippen molar-refractivity contribution in [1.29, 1.82) is 0 Å². The normalized spacial score (nSPS) is 11.8. The first-order valence-electron chi connectivity index (χ1n) is 8.85. The summed E-state index contributed by atoms with van der Waals surface area (Å²) in [7, 11) is 5.67. The standard InChI is InChI=1S/C21H28N2O3/c1-23(2)20(17-8-5-4-6-9-17)16-22-21(24)10-7-15-26-19-13-11-18(25-3)12-14-19/h4-6,8-9,11-14,20H,7,10,15-16H2,1-3H3,(H,22,24). The monoisotopic (exact) mass is 356 g/mol. The summed E-state index contributed by atoms with van der Waals surface area (Å²) in [6.07, 6.45) is 1.13. The van der Waals surface area contributed by atoms with E-state index in [9.17, 15) is 4.79 Å². The molecule has 0 aliphatic heterocycles. The molecule has 1 amide bonds. The third kappa shape index (κ3) is 6.41. The Morgan fingerprint density at radius 3 is 2.31 bits per heavy atom. The zero-order chi connectivity index (χ0) is 18.8. The molecule has 0 fully saturated rings. The molecule has 0 aliphatic rings. The van der Waals surface area contributed by atoms with Crippen LogP contribution in [0.15, 0.2) is 54.6 Å². The van der Waals surface area contributed by atoms with Crippen molar-refractivity contribution in [2.24, 2.45) is 0 Å². The molecule has 0 aliphatic carbocycles. The minimum Gasteiger partial charge on any atom is -0.497 e. The first kappa shape index (κ1) is 19.8. The van der Waals surface area contributed by atoms with E-state index in [1.54, 1.807) is 7.11 Å². The SMILES string of the molecule is COc1ccc(OCCCC(=O)NCC(c2ccccc2)N(C)C)cc1. The zero-order valence-corrected chi connectivity index (χ0v) is 15.8. The molecule has 2 aromatic carbocycles. The molecule has 0 radical (unpaired) electrons. The maximum absolute atomic E-state index is 12.1. The van der Waals surface area contributed by atoms with Gasteiger partial charge in [0.05, 0.1) is 19.8 Å². The second-order valence-corrected chi connectivity index (χ2v) is 6.32. The molecule has 2 rings (SSSR count). The average molecular weight is 356 g/mol. The molecular formula is C21H28N2O3. The van der Waals surface area contributed by atoms with Crippen molar-refractivity contribution in [3.63, 3.8) is 0 Å². The molecule has 1 N–H and O–H groups in total. The second kappa shape index (κ2) is 10.5. The van der Waals surface area contributed by atoms with E-state index >= 15 is 0 Å². The molecule has 2 aromatic rings. The van der Waals surface area contributed by atoms with Crippen molar-refractivity contribution in [2.75, 3.05) is 34.4 Å². The lowest BCUT2D eigenvalue weighted by Gasteiger charge is -2.25. The Labute approximate surface area is 155 Å². The molecule has 0 spiro atoms. The van der Waals surface area contributed by atoms with Crippen LogP contribution in [-0.4, -0.2) is 45.2 Å². The van der Waals surface area contributed by atoms with Crippen LogP contribution in [-0.2, 0) is 4.79 Å². The number of likely N-dealkylation sites (N-methyl/N-ethyl adjacent to an activating group) is 1. The summed E-state index contributed by atoms with van der Waals surface area (Å²) >= 11 is 0. The second-order valence-electron chi connectivity index (χ2n) is 6.32. The quantitative estimate of drug-likeness (QED) is 0.664. The van der Waals surface area contributed by atoms with Crippen molar-refractivity contribution in [3.8, 4) is 11.5 Å². The highest BCUT2D eigenvalue weighted by Crippen LogP contribution is 2.18. The number of ether oxygens (including phenoxy) is 2. The van der Waals surface area contributed by atoms with E-state index in [1.165, 1.54) is 5.56 Å². The van der Waals surface area contributed by atoms with Crippen molar-refractivity contribution in [2.45, 2.75) is 18.9 Å². The Morgan fingerprint density at radius 1 is 1.04 bits per heavy atom. The highest BCUT2D eigenvalue weighted by Gasteiger charge is 2.14. The number of rotatable bonds is 10. The summed E-state index contributed by atoms with van der Waals surface area (Å²) in [5.41, 5.74) is 1.20. The Bertz CT molecular complexity index is 657. The van der Waals surface area contributed by atoms with Crippen LogP contribution in [0.2, 0.25) is 0 Å². The van der Waals surface area contributed by atoms with E-state index in [-0.39, 0.29) is 11.9 Å².